The van der Waals surface area contributed by atoms with Gasteiger partial charge >= 0.3 is 5.97 Å². The van der Waals surface area contributed by atoms with Crippen LogP contribution >= 0.6 is 27.5 Å². The maximum Gasteiger partial charge on any atom is 0.325 e. The highest BCUT2D eigenvalue weighted by molar-refractivity contribution is 9.10. The Hall–Kier alpha value is -2.16. The van der Waals surface area contributed by atoms with Gasteiger partial charge in [0.05, 0.1) is 4.47 Å². The molecule has 0 amide bonds. The van der Waals surface area contributed by atoms with Crippen LogP contribution in [0.25, 0.3) is 10.9 Å². The van der Waals surface area contributed by atoms with E-state index >= 15 is 0 Å². The Labute approximate surface area is 169 Å². The predicted molar refractivity (Wildman–Crippen MR) is 107 cm³/mol. The molecule has 0 aliphatic carbocycles. The quantitative estimate of drug-likeness (QED) is 0.634. The van der Waals surface area contributed by atoms with Gasteiger partial charge in [-0.25, -0.2) is 9.97 Å². The zero-order chi connectivity index (χ0) is 19.0. The molecule has 7 nitrogen and oxygen atoms in total. The second-order valence-electron chi connectivity index (χ2n) is 6.40. The van der Waals surface area contributed by atoms with Crippen molar-refractivity contribution in [2.45, 2.75) is 6.04 Å². The molecule has 0 bridgehead atoms. The smallest absolute Gasteiger partial charge is 0.325 e. The molecule has 4 rings (SSSR count). The zero-order valence-electron chi connectivity index (χ0n) is 14.3. The number of piperazine rings is 1. The summed E-state index contributed by atoms with van der Waals surface area (Å²) in [7, 11) is 0. The fourth-order valence-corrected chi connectivity index (χ4v) is 3.85. The maximum absolute atomic E-state index is 12.1. The highest BCUT2D eigenvalue weighted by atomic mass is 79.9. The van der Waals surface area contributed by atoms with E-state index in [1.807, 2.05) is 17.0 Å². The number of carboxylic acids is 1. The number of aliphatic carboxylic acids is 1. The minimum atomic E-state index is -0.871. The van der Waals surface area contributed by atoms with E-state index in [2.05, 4.69) is 35.8 Å². The number of H-pyrrole nitrogens is 1. The Kier molecular flexibility index (Phi) is 5.03. The van der Waals surface area contributed by atoms with Crippen molar-refractivity contribution in [2.24, 2.45) is 0 Å². The Morgan fingerprint density at radius 3 is 2.59 bits per heavy atom. The fraction of sp³-hybridized carbons (Fsp3) is 0.278. The number of aromatic amines is 1. The molecule has 3 heterocycles. The minimum absolute atomic E-state index is 0.588. The van der Waals surface area contributed by atoms with Crippen LogP contribution in [0.2, 0.25) is 5.02 Å². The lowest BCUT2D eigenvalue weighted by Gasteiger charge is -2.37. The van der Waals surface area contributed by atoms with Gasteiger partial charge < -0.3 is 15.0 Å². The molecule has 0 radical (unpaired) electrons. The Balaban J connectivity index is 1.56. The van der Waals surface area contributed by atoms with Crippen LogP contribution in [0.3, 0.4) is 0 Å². The highest BCUT2D eigenvalue weighted by Crippen LogP contribution is 2.31. The molecule has 1 aliphatic heterocycles. The molecule has 3 aromatic rings. The number of nitrogens with zero attached hydrogens (tertiary/aromatic N) is 4. The fourth-order valence-electron chi connectivity index (χ4n) is 3.48. The molecule has 1 aliphatic rings. The number of halogens is 2. The average molecular weight is 451 g/mol. The molecular formula is C18H17BrClN5O2. The van der Waals surface area contributed by atoms with Crippen LogP contribution in [0.1, 0.15) is 11.6 Å². The molecular weight excluding hydrogens is 434 g/mol. The molecule has 140 valence electrons. The van der Waals surface area contributed by atoms with E-state index in [4.69, 9.17) is 11.6 Å². The number of benzene rings is 1. The number of anilines is 1. The van der Waals surface area contributed by atoms with Gasteiger partial charge in [0.2, 0.25) is 5.95 Å². The number of nitrogens with one attached hydrogen (secondary N) is 1. The topological polar surface area (TPSA) is 85.4 Å². The lowest BCUT2D eigenvalue weighted by atomic mass is 10.0. The van der Waals surface area contributed by atoms with Crippen LogP contribution < -0.4 is 4.90 Å². The van der Waals surface area contributed by atoms with E-state index in [9.17, 15) is 9.90 Å². The summed E-state index contributed by atoms with van der Waals surface area (Å²) in [5.41, 5.74) is 1.61. The summed E-state index contributed by atoms with van der Waals surface area (Å²) in [4.78, 5) is 27.9. The van der Waals surface area contributed by atoms with Crippen molar-refractivity contribution in [3.05, 3.63) is 51.8 Å². The maximum atomic E-state index is 12.1. The second-order valence-corrected chi connectivity index (χ2v) is 7.75. The van der Waals surface area contributed by atoms with Crippen molar-refractivity contribution in [1.82, 2.24) is 19.9 Å². The summed E-state index contributed by atoms with van der Waals surface area (Å²) in [5.74, 6) is -0.215. The highest BCUT2D eigenvalue weighted by Gasteiger charge is 2.32. The van der Waals surface area contributed by atoms with Crippen molar-refractivity contribution in [1.29, 1.82) is 0 Å². The second kappa shape index (κ2) is 7.46. The molecule has 2 N–H and O–H groups in total. The standard InChI is InChI=1S/C18H17BrClN5O2/c19-11-8-22-18(23-9-11)25-5-3-24(4-6-25)16(17(26)27)14-10-21-15-2-1-12(20)7-13(14)15/h1-2,7-10,16,21H,3-6H2,(H,26,27). The lowest BCUT2D eigenvalue weighted by molar-refractivity contribution is -0.143. The van der Waals surface area contributed by atoms with Gasteiger partial charge in [-0.2, -0.15) is 0 Å². The van der Waals surface area contributed by atoms with Crippen LogP contribution in [0, 0.1) is 0 Å². The Morgan fingerprint density at radius 2 is 1.93 bits per heavy atom. The monoisotopic (exact) mass is 449 g/mol. The Morgan fingerprint density at radius 1 is 1.22 bits per heavy atom. The van der Waals surface area contributed by atoms with Crippen molar-refractivity contribution in [3.8, 4) is 0 Å². The number of fused-ring (bicyclic) bond motifs is 1. The van der Waals surface area contributed by atoms with E-state index in [-0.39, 0.29) is 0 Å². The van der Waals surface area contributed by atoms with E-state index in [0.717, 1.165) is 20.9 Å². The van der Waals surface area contributed by atoms with Crippen molar-refractivity contribution in [2.75, 3.05) is 31.1 Å². The van der Waals surface area contributed by atoms with Crippen LogP contribution in [0.5, 0.6) is 0 Å². The molecule has 2 aromatic heterocycles. The van der Waals surface area contributed by atoms with E-state index in [1.165, 1.54) is 0 Å². The van der Waals surface area contributed by atoms with Crippen molar-refractivity contribution < 1.29 is 9.90 Å². The first-order chi connectivity index (χ1) is 13.0. The third kappa shape index (κ3) is 3.65. The molecule has 9 heteroatoms. The summed E-state index contributed by atoms with van der Waals surface area (Å²) >= 11 is 9.45. The van der Waals surface area contributed by atoms with E-state index in [1.54, 1.807) is 24.7 Å². The molecule has 1 atom stereocenters. The van der Waals surface area contributed by atoms with Gasteiger partial charge in [0, 0.05) is 66.3 Å². The predicted octanol–water partition coefficient (Wildman–Crippen LogP) is 3.32. The van der Waals surface area contributed by atoms with Gasteiger partial charge in [0.15, 0.2) is 0 Å². The molecule has 27 heavy (non-hydrogen) atoms. The number of carboxylic acid groups (broad SMARTS) is 1. The third-order valence-corrected chi connectivity index (χ3v) is 5.42. The van der Waals surface area contributed by atoms with Gasteiger partial charge in [0.1, 0.15) is 6.04 Å². The van der Waals surface area contributed by atoms with Crippen LogP contribution in [-0.2, 0) is 4.79 Å². The van der Waals surface area contributed by atoms with Crippen LogP contribution in [-0.4, -0.2) is 57.1 Å². The van der Waals surface area contributed by atoms with Gasteiger partial charge in [-0.15, -0.1) is 0 Å². The number of carbonyl (C=O) groups is 1. The lowest BCUT2D eigenvalue weighted by Crippen LogP contribution is -2.49. The molecule has 1 saturated heterocycles. The molecule has 1 unspecified atom stereocenters. The van der Waals surface area contributed by atoms with Gasteiger partial charge in [-0.05, 0) is 34.1 Å². The Bertz CT molecular complexity index is 970. The van der Waals surface area contributed by atoms with Gasteiger partial charge in [-0.3, -0.25) is 9.69 Å². The number of aromatic nitrogens is 3. The molecule has 1 fully saturated rings. The number of rotatable bonds is 4. The molecule has 1 aromatic carbocycles. The SMILES string of the molecule is O=C(O)C(c1c[nH]c2ccc(Cl)cc12)N1CCN(c2ncc(Br)cn2)CC1. The molecule has 0 spiro atoms. The summed E-state index contributed by atoms with van der Waals surface area (Å²) < 4.78 is 0.828. The van der Waals surface area contributed by atoms with Crippen LogP contribution in [0.4, 0.5) is 5.95 Å². The zero-order valence-corrected chi connectivity index (χ0v) is 16.6. The normalized spacial score (nSPS) is 16.6. The van der Waals surface area contributed by atoms with Gasteiger partial charge in [0.25, 0.3) is 0 Å². The average Bonchev–Trinajstić information content (AvgIpc) is 3.06. The largest absolute Gasteiger partial charge is 0.480 e. The number of hydrogen-bond donors (Lipinski definition) is 2. The summed E-state index contributed by atoms with van der Waals surface area (Å²) in [6.07, 6.45) is 5.19. The minimum Gasteiger partial charge on any atom is -0.480 e. The van der Waals surface area contributed by atoms with Gasteiger partial charge in [-0.1, -0.05) is 11.6 Å². The summed E-state index contributed by atoms with van der Waals surface area (Å²) in [5, 5.41) is 11.3. The first-order valence-electron chi connectivity index (χ1n) is 8.49. The van der Waals surface area contributed by atoms with Crippen molar-refractivity contribution in [3.63, 3.8) is 0 Å². The summed E-state index contributed by atoms with van der Waals surface area (Å²) in [6, 6.07) is 4.73. The first kappa shape index (κ1) is 18.2. The van der Waals surface area contributed by atoms with Crippen molar-refractivity contribution >= 4 is 50.4 Å². The van der Waals surface area contributed by atoms with E-state index < -0.39 is 12.0 Å². The number of hydrogen-bond acceptors (Lipinski definition) is 5. The molecule has 0 saturated carbocycles. The van der Waals surface area contributed by atoms with Crippen LogP contribution in [0.15, 0.2) is 41.3 Å². The summed E-state index contributed by atoms with van der Waals surface area (Å²) in [6.45, 7) is 2.52. The first-order valence-corrected chi connectivity index (χ1v) is 9.66. The van der Waals surface area contributed by atoms with E-state index in [0.29, 0.717) is 37.1 Å². The third-order valence-electron chi connectivity index (χ3n) is 4.77.